The minimum absolute atomic E-state index is 0.470. The molecule has 1 aromatic heterocycles. The van der Waals surface area contributed by atoms with Crippen LogP contribution in [0.25, 0.3) is 0 Å². The lowest BCUT2D eigenvalue weighted by atomic mass is 10.2. The van der Waals surface area contributed by atoms with Gasteiger partial charge in [0.2, 0.25) is 0 Å². The summed E-state index contributed by atoms with van der Waals surface area (Å²) in [6.45, 7) is 4.12. The molecule has 66 valence electrons. The van der Waals surface area contributed by atoms with Gasteiger partial charge in [-0.3, -0.25) is 4.68 Å². The van der Waals surface area contributed by atoms with E-state index in [1.807, 2.05) is 6.20 Å². The van der Waals surface area contributed by atoms with E-state index in [1.54, 1.807) is 0 Å². The Labute approximate surface area is 72.3 Å². The summed E-state index contributed by atoms with van der Waals surface area (Å²) in [7, 11) is 0. The topological polar surface area (TPSA) is 30.4 Å². The van der Waals surface area contributed by atoms with Crippen LogP contribution in [-0.4, -0.2) is 22.5 Å². The maximum absolute atomic E-state index is 5.17. The van der Waals surface area contributed by atoms with Crippen LogP contribution < -0.4 is 0 Å². The van der Waals surface area contributed by atoms with Crippen molar-refractivity contribution in [2.24, 2.45) is 0 Å². The first-order valence-electron chi connectivity index (χ1n) is 4.52. The van der Waals surface area contributed by atoms with E-state index in [0.717, 1.165) is 26.0 Å². The van der Waals surface area contributed by atoms with Crippen LogP contribution in [0.2, 0.25) is 0 Å². The zero-order valence-corrected chi connectivity index (χ0v) is 7.36. The molecule has 2 heterocycles. The second kappa shape index (κ2) is 3.27. The van der Waals surface area contributed by atoms with Gasteiger partial charge in [-0.25, -0.2) is 0 Å². The number of rotatable bonds is 4. The number of aromatic nitrogens is 2. The Morgan fingerprint density at radius 1 is 1.75 bits per heavy atom. The van der Waals surface area contributed by atoms with E-state index in [9.17, 15) is 0 Å². The highest BCUT2D eigenvalue weighted by atomic mass is 16.6. The number of hydrogen-bond acceptors (Lipinski definition) is 2. The molecule has 1 saturated heterocycles. The van der Waals surface area contributed by atoms with Crippen molar-refractivity contribution < 1.29 is 4.74 Å². The Bertz CT molecular complexity index is 253. The fraction of sp³-hybridized carbons (Fsp3) is 0.667. The molecule has 2 rings (SSSR count). The summed E-state index contributed by atoms with van der Waals surface area (Å²) in [6, 6.07) is 2.08. The van der Waals surface area contributed by atoms with Gasteiger partial charge in [-0.1, -0.05) is 6.92 Å². The first-order valence-corrected chi connectivity index (χ1v) is 4.52. The predicted octanol–water partition coefficient (Wildman–Crippen LogP) is 1.23. The molecular weight excluding hydrogens is 152 g/mol. The molecule has 1 unspecified atom stereocenters. The second-order valence-corrected chi connectivity index (χ2v) is 3.21. The molecule has 12 heavy (non-hydrogen) atoms. The zero-order chi connectivity index (χ0) is 8.39. The van der Waals surface area contributed by atoms with Gasteiger partial charge >= 0.3 is 0 Å². The van der Waals surface area contributed by atoms with Crippen LogP contribution in [0.1, 0.15) is 19.0 Å². The molecule has 1 aromatic rings. The van der Waals surface area contributed by atoms with Gasteiger partial charge in [0.15, 0.2) is 0 Å². The van der Waals surface area contributed by atoms with E-state index < -0.39 is 0 Å². The molecule has 3 heteroatoms. The van der Waals surface area contributed by atoms with Crippen LogP contribution in [0.3, 0.4) is 0 Å². The number of aryl methyl sites for hydroxylation is 1. The van der Waals surface area contributed by atoms with Crippen LogP contribution in [-0.2, 0) is 17.7 Å². The summed E-state index contributed by atoms with van der Waals surface area (Å²) in [4.78, 5) is 0. The normalized spacial score (nSPS) is 21.2. The van der Waals surface area contributed by atoms with Crippen LogP contribution in [0.5, 0.6) is 0 Å². The smallest absolute Gasteiger partial charge is 0.0865 e. The Balaban J connectivity index is 2.01. The van der Waals surface area contributed by atoms with Gasteiger partial charge < -0.3 is 4.74 Å². The summed E-state index contributed by atoms with van der Waals surface area (Å²) in [6.07, 6.45) is 4.51. The average Bonchev–Trinajstić information content (AvgIpc) is 2.76. The van der Waals surface area contributed by atoms with Crippen LogP contribution in [0.4, 0.5) is 0 Å². The Kier molecular flexibility index (Phi) is 2.13. The monoisotopic (exact) mass is 166 g/mol. The standard InChI is InChI=1S/C9H14N2O/c1-2-5-11-8(3-4-10-11)6-9-7-12-9/h3-4,9H,2,5-7H2,1H3. The van der Waals surface area contributed by atoms with Crippen molar-refractivity contribution in [3.05, 3.63) is 18.0 Å². The average molecular weight is 166 g/mol. The molecule has 0 amide bonds. The van der Waals surface area contributed by atoms with Gasteiger partial charge in [0.1, 0.15) is 0 Å². The number of nitrogens with zero attached hydrogens (tertiary/aromatic N) is 2. The summed E-state index contributed by atoms with van der Waals surface area (Å²) >= 11 is 0. The SMILES string of the molecule is CCCn1nccc1CC1CO1. The van der Waals surface area contributed by atoms with Gasteiger partial charge in [0.05, 0.1) is 12.7 Å². The molecule has 3 nitrogen and oxygen atoms in total. The lowest BCUT2D eigenvalue weighted by Crippen LogP contribution is -2.06. The van der Waals surface area contributed by atoms with E-state index in [2.05, 4.69) is 22.8 Å². The van der Waals surface area contributed by atoms with Crippen LogP contribution >= 0.6 is 0 Å². The molecule has 0 N–H and O–H groups in total. The highest BCUT2D eigenvalue weighted by molar-refractivity contribution is 5.03. The highest BCUT2D eigenvalue weighted by Gasteiger charge is 2.23. The largest absolute Gasteiger partial charge is 0.373 e. The maximum Gasteiger partial charge on any atom is 0.0865 e. The summed E-state index contributed by atoms with van der Waals surface area (Å²) in [5, 5.41) is 4.25. The van der Waals surface area contributed by atoms with Gasteiger partial charge in [-0.05, 0) is 12.5 Å². The Morgan fingerprint density at radius 3 is 3.25 bits per heavy atom. The summed E-state index contributed by atoms with van der Waals surface area (Å²) in [5.41, 5.74) is 1.30. The van der Waals surface area contributed by atoms with E-state index in [-0.39, 0.29) is 0 Å². The quantitative estimate of drug-likeness (QED) is 0.630. The molecular formula is C9H14N2O. The van der Waals surface area contributed by atoms with Crippen molar-refractivity contribution >= 4 is 0 Å². The molecule has 1 atom stereocenters. The summed E-state index contributed by atoms with van der Waals surface area (Å²) in [5.74, 6) is 0. The molecule has 0 aromatic carbocycles. The van der Waals surface area contributed by atoms with Crippen LogP contribution in [0.15, 0.2) is 12.3 Å². The minimum atomic E-state index is 0.470. The van der Waals surface area contributed by atoms with Crippen molar-refractivity contribution in [3.8, 4) is 0 Å². The van der Waals surface area contributed by atoms with Gasteiger partial charge in [-0.15, -0.1) is 0 Å². The summed E-state index contributed by atoms with van der Waals surface area (Å²) < 4.78 is 7.24. The molecule has 1 aliphatic rings. The van der Waals surface area contributed by atoms with Crippen molar-refractivity contribution in [1.82, 2.24) is 9.78 Å². The second-order valence-electron chi connectivity index (χ2n) is 3.21. The van der Waals surface area contributed by atoms with E-state index in [1.165, 1.54) is 5.69 Å². The number of ether oxygens (including phenoxy) is 1. The molecule has 0 bridgehead atoms. The van der Waals surface area contributed by atoms with Gasteiger partial charge in [0, 0.05) is 24.9 Å². The molecule has 1 fully saturated rings. The fourth-order valence-electron chi connectivity index (χ4n) is 1.37. The van der Waals surface area contributed by atoms with Gasteiger partial charge in [0.25, 0.3) is 0 Å². The molecule has 1 aliphatic heterocycles. The third-order valence-corrected chi connectivity index (χ3v) is 2.08. The Hall–Kier alpha value is -0.830. The lowest BCUT2D eigenvalue weighted by Gasteiger charge is -2.03. The highest BCUT2D eigenvalue weighted by Crippen LogP contribution is 2.15. The number of hydrogen-bond donors (Lipinski definition) is 0. The predicted molar refractivity (Wildman–Crippen MR) is 46.0 cm³/mol. The van der Waals surface area contributed by atoms with Crippen LogP contribution in [0, 0.1) is 0 Å². The van der Waals surface area contributed by atoms with E-state index >= 15 is 0 Å². The number of epoxide rings is 1. The van der Waals surface area contributed by atoms with Gasteiger partial charge in [-0.2, -0.15) is 5.10 Å². The first kappa shape index (κ1) is 7.80. The maximum atomic E-state index is 5.17. The molecule has 0 aliphatic carbocycles. The fourth-order valence-corrected chi connectivity index (χ4v) is 1.37. The van der Waals surface area contributed by atoms with Crippen molar-refractivity contribution in [3.63, 3.8) is 0 Å². The first-order chi connectivity index (χ1) is 5.90. The minimum Gasteiger partial charge on any atom is -0.373 e. The molecule has 0 radical (unpaired) electrons. The Morgan fingerprint density at radius 2 is 2.58 bits per heavy atom. The third-order valence-electron chi connectivity index (χ3n) is 2.08. The van der Waals surface area contributed by atoms with Crippen molar-refractivity contribution in [2.75, 3.05) is 6.61 Å². The molecule has 0 saturated carbocycles. The van der Waals surface area contributed by atoms with Crippen molar-refractivity contribution in [1.29, 1.82) is 0 Å². The molecule has 0 spiro atoms. The third kappa shape index (κ3) is 1.67. The lowest BCUT2D eigenvalue weighted by molar-refractivity contribution is 0.401. The van der Waals surface area contributed by atoms with E-state index in [4.69, 9.17) is 4.74 Å². The zero-order valence-electron chi connectivity index (χ0n) is 7.36. The van der Waals surface area contributed by atoms with E-state index in [0.29, 0.717) is 6.10 Å². The van der Waals surface area contributed by atoms with Crippen molar-refractivity contribution in [2.45, 2.75) is 32.4 Å².